The van der Waals surface area contributed by atoms with Crippen LogP contribution in [0.5, 0.6) is 0 Å². The molecular weight excluding hydrogens is 348 g/mol. The van der Waals surface area contributed by atoms with Gasteiger partial charge in [0.05, 0.1) is 0 Å². The van der Waals surface area contributed by atoms with Crippen molar-refractivity contribution in [3.63, 3.8) is 0 Å². The molecule has 0 saturated heterocycles. The molecule has 0 aromatic carbocycles. The summed E-state index contributed by atoms with van der Waals surface area (Å²) in [6.07, 6.45) is 16.2. The van der Waals surface area contributed by atoms with Crippen molar-refractivity contribution in [3.05, 3.63) is 11.1 Å². The highest BCUT2D eigenvalue weighted by atomic mass is 14.7. The van der Waals surface area contributed by atoms with E-state index in [1.807, 2.05) is 11.1 Å². The highest BCUT2D eigenvalue weighted by molar-refractivity contribution is 5.36. The molecule has 0 heteroatoms. The van der Waals surface area contributed by atoms with Gasteiger partial charge in [-0.2, -0.15) is 0 Å². The molecule has 29 heavy (non-hydrogen) atoms. The van der Waals surface area contributed by atoms with Crippen molar-refractivity contribution >= 4 is 0 Å². The van der Waals surface area contributed by atoms with Gasteiger partial charge in [-0.15, -0.1) is 0 Å². The number of hydrogen-bond donors (Lipinski definition) is 0. The van der Waals surface area contributed by atoms with Crippen LogP contribution in [0.15, 0.2) is 11.1 Å². The van der Waals surface area contributed by atoms with Crippen LogP contribution in [0.3, 0.4) is 0 Å². The smallest absolute Gasteiger partial charge is 0.00567 e. The maximum Gasteiger partial charge on any atom is -0.00567 e. The Kier molecular flexibility index (Phi) is 4.54. The molecule has 0 aromatic rings. The number of allylic oxidation sites excluding steroid dienone is 2. The molecular formula is C29H48. The first-order chi connectivity index (χ1) is 13.5. The molecule has 8 atom stereocenters. The van der Waals surface area contributed by atoms with E-state index in [1.165, 1.54) is 70.6 Å². The summed E-state index contributed by atoms with van der Waals surface area (Å²) in [4.78, 5) is 0. The fraction of sp³-hybridized carbons (Fsp3) is 0.931. The molecule has 0 aliphatic heterocycles. The predicted molar refractivity (Wildman–Crippen MR) is 125 cm³/mol. The summed E-state index contributed by atoms with van der Waals surface area (Å²) in [5.74, 6) is 4.59. The van der Waals surface area contributed by atoms with E-state index in [9.17, 15) is 0 Å². The second-order valence-corrected chi connectivity index (χ2v) is 13.8. The highest BCUT2D eigenvalue weighted by Crippen LogP contribution is 2.74. The monoisotopic (exact) mass is 396 g/mol. The molecule has 0 nitrogen and oxygen atoms in total. The van der Waals surface area contributed by atoms with Gasteiger partial charge in [0.15, 0.2) is 0 Å². The van der Waals surface area contributed by atoms with Crippen LogP contribution < -0.4 is 0 Å². The van der Waals surface area contributed by atoms with Crippen molar-refractivity contribution in [1.82, 2.24) is 0 Å². The standard InChI is InChI=1S/C29H48/c1-19-9-10-20(2)25-21(19)13-17-28(6)22(25)11-12-24-27(5)16-8-15-26(3,4)23(27)14-18-29(24,28)7/h19-21,23-24H,8-18H2,1-7H3/t19-,20-,21+,23+,24-,27+,28-,29-/m1/s1. The van der Waals surface area contributed by atoms with E-state index >= 15 is 0 Å². The lowest BCUT2D eigenvalue weighted by molar-refractivity contribution is -0.179. The van der Waals surface area contributed by atoms with Gasteiger partial charge in [0.25, 0.3) is 0 Å². The molecule has 0 unspecified atom stereocenters. The van der Waals surface area contributed by atoms with Gasteiger partial charge in [-0.05, 0) is 115 Å². The van der Waals surface area contributed by atoms with Crippen molar-refractivity contribution in [2.75, 3.05) is 0 Å². The van der Waals surface area contributed by atoms with E-state index in [-0.39, 0.29) is 0 Å². The largest absolute Gasteiger partial charge is 0.0642 e. The van der Waals surface area contributed by atoms with Crippen LogP contribution >= 0.6 is 0 Å². The summed E-state index contributed by atoms with van der Waals surface area (Å²) in [6, 6.07) is 0. The Morgan fingerprint density at radius 2 is 1.48 bits per heavy atom. The second-order valence-electron chi connectivity index (χ2n) is 13.8. The molecule has 0 N–H and O–H groups in total. The fourth-order valence-corrected chi connectivity index (χ4v) is 10.7. The summed E-state index contributed by atoms with van der Waals surface area (Å²) < 4.78 is 0. The molecule has 0 aromatic heterocycles. The lowest BCUT2D eigenvalue weighted by Crippen LogP contribution is -2.62. The Morgan fingerprint density at radius 1 is 0.724 bits per heavy atom. The van der Waals surface area contributed by atoms with Gasteiger partial charge in [-0.3, -0.25) is 0 Å². The molecule has 0 spiro atoms. The first kappa shape index (κ1) is 20.6. The first-order valence-corrected chi connectivity index (χ1v) is 13.3. The minimum Gasteiger partial charge on any atom is -0.0642 e. The molecule has 0 heterocycles. The Morgan fingerprint density at radius 3 is 2.24 bits per heavy atom. The molecule has 4 fully saturated rings. The van der Waals surface area contributed by atoms with Gasteiger partial charge in [-0.1, -0.05) is 66.0 Å². The van der Waals surface area contributed by atoms with Crippen LogP contribution in [-0.4, -0.2) is 0 Å². The van der Waals surface area contributed by atoms with Crippen LogP contribution in [0.1, 0.15) is 119 Å². The Balaban J connectivity index is 1.59. The van der Waals surface area contributed by atoms with Crippen LogP contribution in [0.25, 0.3) is 0 Å². The third kappa shape index (κ3) is 2.56. The van der Waals surface area contributed by atoms with Crippen LogP contribution in [-0.2, 0) is 0 Å². The SMILES string of the molecule is C[C@@H]1CC[C@@H](C)[C@@H]2CC[C@]3(C)C(=C12)CC[C@@H]1[C@@]2(C)CCCC(C)(C)[C@@H]2CC[C@]13C. The van der Waals surface area contributed by atoms with E-state index < -0.39 is 0 Å². The van der Waals surface area contributed by atoms with Crippen LogP contribution in [0.2, 0.25) is 0 Å². The molecule has 5 aliphatic rings. The number of rotatable bonds is 0. The van der Waals surface area contributed by atoms with E-state index in [4.69, 9.17) is 0 Å². The Labute approximate surface area is 181 Å². The van der Waals surface area contributed by atoms with Gasteiger partial charge < -0.3 is 0 Å². The van der Waals surface area contributed by atoms with E-state index in [1.54, 1.807) is 0 Å². The topological polar surface area (TPSA) is 0 Å². The average molecular weight is 397 g/mol. The zero-order valence-corrected chi connectivity index (χ0v) is 20.7. The Bertz CT molecular complexity index is 712. The molecule has 164 valence electrons. The molecule has 5 rings (SSSR count). The lowest BCUT2D eigenvalue weighted by Gasteiger charge is -2.70. The van der Waals surface area contributed by atoms with Crippen LogP contribution in [0, 0.1) is 51.2 Å². The van der Waals surface area contributed by atoms with Gasteiger partial charge in [0, 0.05) is 0 Å². The summed E-state index contributed by atoms with van der Waals surface area (Å²) in [7, 11) is 0. The van der Waals surface area contributed by atoms with Crippen molar-refractivity contribution in [1.29, 1.82) is 0 Å². The van der Waals surface area contributed by atoms with Crippen LogP contribution in [0.4, 0.5) is 0 Å². The summed E-state index contributed by atoms with van der Waals surface area (Å²) in [5.41, 5.74) is 6.10. The highest BCUT2D eigenvalue weighted by Gasteiger charge is 2.65. The first-order valence-electron chi connectivity index (χ1n) is 13.3. The van der Waals surface area contributed by atoms with E-state index in [2.05, 4.69) is 48.5 Å². The molecule has 5 aliphatic carbocycles. The molecule has 4 saturated carbocycles. The minimum absolute atomic E-state index is 0.475. The summed E-state index contributed by atoms with van der Waals surface area (Å²) in [6.45, 7) is 18.6. The molecule has 0 amide bonds. The average Bonchev–Trinajstić information content (AvgIpc) is 2.64. The summed E-state index contributed by atoms with van der Waals surface area (Å²) in [5, 5.41) is 0. The van der Waals surface area contributed by atoms with Gasteiger partial charge in [0.1, 0.15) is 0 Å². The van der Waals surface area contributed by atoms with E-state index in [0.29, 0.717) is 21.7 Å². The fourth-order valence-electron chi connectivity index (χ4n) is 10.7. The Hall–Kier alpha value is -0.260. The predicted octanol–water partition coefficient (Wildman–Crippen LogP) is 8.81. The maximum absolute atomic E-state index is 2.78. The maximum atomic E-state index is 2.78. The van der Waals surface area contributed by atoms with Gasteiger partial charge >= 0.3 is 0 Å². The van der Waals surface area contributed by atoms with Gasteiger partial charge in [-0.25, -0.2) is 0 Å². The third-order valence-electron chi connectivity index (χ3n) is 12.4. The molecule has 0 bridgehead atoms. The third-order valence-corrected chi connectivity index (χ3v) is 12.4. The number of hydrogen-bond acceptors (Lipinski definition) is 0. The lowest BCUT2D eigenvalue weighted by atomic mass is 9.34. The zero-order valence-electron chi connectivity index (χ0n) is 20.7. The van der Waals surface area contributed by atoms with Crippen molar-refractivity contribution in [2.45, 2.75) is 119 Å². The van der Waals surface area contributed by atoms with Crippen molar-refractivity contribution < 1.29 is 0 Å². The normalized spacial score (nSPS) is 54.1. The van der Waals surface area contributed by atoms with Crippen molar-refractivity contribution in [2.24, 2.45) is 51.2 Å². The quantitative estimate of drug-likeness (QED) is 0.359. The van der Waals surface area contributed by atoms with E-state index in [0.717, 1.165) is 29.6 Å². The molecule has 0 radical (unpaired) electrons. The van der Waals surface area contributed by atoms with Crippen molar-refractivity contribution in [3.8, 4) is 0 Å². The second kappa shape index (κ2) is 6.38. The zero-order chi connectivity index (χ0) is 20.8. The minimum atomic E-state index is 0.475. The number of fused-ring (bicyclic) bond motifs is 6. The van der Waals surface area contributed by atoms with Gasteiger partial charge in [0.2, 0.25) is 0 Å². The summed E-state index contributed by atoms with van der Waals surface area (Å²) >= 11 is 0.